The zero-order valence-electron chi connectivity index (χ0n) is 19.6. The van der Waals surface area contributed by atoms with E-state index in [9.17, 15) is 4.79 Å². The number of ether oxygens (including phenoxy) is 2. The van der Waals surface area contributed by atoms with Gasteiger partial charge in [0.05, 0.1) is 35.8 Å². The number of anilines is 1. The molecule has 2 N–H and O–H groups in total. The Balaban J connectivity index is 1.34. The molecule has 5 rings (SSSR count). The van der Waals surface area contributed by atoms with Crippen LogP contribution in [-0.4, -0.2) is 66.7 Å². The minimum absolute atomic E-state index is 0.0881. The quantitative estimate of drug-likeness (QED) is 0.503. The largest absolute Gasteiger partial charge is 0.495 e. The Morgan fingerprint density at radius 3 is 2.51 bits per heavy atom. The van der Waals surface area contributed by atoms with Gasteiger partial charge in [0, 0.05) is 48.9 Å². The minimum atomic E-state index is -0.150. The van der Waals surface area contributed by atoms with Crippen molar-refractivity contribution >= 4 is 46.0 Å². The van der Waals surface area contributed by atoms with Gasteiger partial charge in [-0.25, -0.2) is 9.97 Å². The fraction of sp³-hybridized carbons (Fsp3) is 0.400. The molecule has 2 saturated heterocycles. The highest BCUT2D eigenvalue weighted by atomic mass is 35.5. The smallest absolute Gasteiger partial charge is 0.239 e. The number of amides is 1. The summed E-state index contributed by atoms with van der Waals surface area (Å²) in [6.45, 7) is 2.42. The maximum absolute atomic E-state index is 12.7. The highest BCUT2D eigenvalue weighted by molar-refractivity contribution is 6.41. The lowest BCUT2D eigenvalue weighted by Gasteiger charge is -2.20. The van der Waals surface area contributed by atoms with Crippen LogP contribution >= 0.6 is 23.2 Å². The molecule has 0 bridgehead atoms. The number of methoxy groups -OCH3 is 2. The van der Waals surface area contributed by atoms with Crippen molar-refractivity contribution in [3.8, 4) is 22.6 Å². The van der Waals surface area contributed by atoms with Crippen LogP contribution in [-0.2, 0) is 4.79 Å². The van der Waals surface area contributed by atoms with E-state index in [4.69, 9.17) is 32.7 Å². The lowest BCUT2D eigenvalue weighted by molar-refractivity contribution is -0.131. The lowest BCUT2D eigenvalue weighted by atomic mass is 10.0. The number of carbonyl (C=O) groups excluding carboxylic acids is 1. The Bertz CT molecular complexity index is 1240. The van der Waals surface area contributed by atoms with Crippen molar-refractivity contribution in [2.45, 2.75) is 31.3 Å². The number of aromatic nitrogens is 2. The van der Waals surface area contributed by atoms with Crippen molar-refractivity contribution in [3.63, 3.8) is 0 Å². The fourth-order valence-electron chi connectivity index (χ4n) is 4.77. The van der Waals surface area contributed by atoms with E-state index < -0.39 is 0 Å². The first-order chi connectivity index (χ1) is 17.0. The Labute approximate surface area is 213 Å². The molecule has 2 aromatic carbocycles. The van der Waals surface area contributed by atoms with Gasteiger partial charge in [0.2, 0.25) is 11.9 Å². The molecular weight excluding hydrogens is 489 g/mol. The van der Waals surface area contributed by atoms with E-state index in [1.807, 2.05) is 23.1 Å². The molecule has 8 nitrogen and oxygen atoms in total. The van der Waals surface area contributed by atoms with Gasteiger partial charge in [-0.05, 0) is 37.0 Å². The van der Waals surface area contributed by atoms with Gasteiger partial charge in [-0.15, -0.1) is 0 Å². The van der Waals surface area contributed by atoms with Crippen LogP contribution in [0, 0.1) is 0 Å². The average molecular weight is 516 g/mol. The third-order valence-corrected chi connectivity index (χ3v) is 7.37. The van der Waals surface area contributed by atoms with Crippen molar-refractivity contribution in [1.82, 2.24) is 20.2 Å². The Morgan fingerprint density at radius 1 is 1.11 bits per heavy atom. The molecule has 3 heterocycles. The van der Waals surface area contributed by atoms with E-state index >= 15 is 0 Å². The van der Waals surface area contributed by atoms with E-state index in [1.54, 1.807) is 26.5 Å². The number of nitrogens with one attached hydrogen (secondary N) is 2. The minimum Gasteiger partial charge on any atom is -0.495 e. The monoisotopic (exact) mass is 515 g/mol. The van der Waals surface area contributed by atoms with Gasteiger partial charge in [-0.2, -0.15) is 0 Å². The second-order valence-corrected chi connectivity index (χ2v) is 9.58. The predicted octanol–water partition coefficient (Wildman–Crippen LogP) is 4.39. The van der Waals surface area contributed by atoms with Crippen LogP contribution in [0.15, 0.2) is 30.5 Å². The first-order valence-electron chi connectivity index (χ1n) is 11.6. The highest BCUT2D eigenvalue weighted by Crippen LogP contribution is 2.46. The molecule has 0 aliphatic carbocycles. The third-order valence-electron chi connectivity index (χ3n) is 6.62. The molecular formula is C25H27Cl2N5O3. The topological polar surface area (TPSA) is 88.6 Å². The Kier molecular flexibility index (Phi) is 6.86. The molecule has 35 heavy (non-hydrogen) atoms. The molecule has 0 unspecified atom stereocenters. The molecule has 10 heteroatoms. The number of rotatable bonds is 6. The van der Waals surface area contributed by atoms with E-state index in [2.05, 4.69) is 20.6 Å². The van der Waals surface area contributed by atoms with Gasteiger partial charge in [0.25, 0.3) is 0 Å². The van der Waals surface area contributed by atoms with E-state index in [-0.39, 0.29) is 18.0 Å². The number of carbonyl (C=O) groups is 1. The summed E-state index contributed by atoms with van der Waals surface area (Å²) in [5, 5.41) is 8.37. The van der Waals surface area contributed by atoms with Crippen LogP contribution in [0.2, 0.25) is 10.0 Å². The molecule has 0 spiro atoms. The standard InChI is InChI=1S/C25H27Cl2N5O3/c1-34-19-11-20(35-2)23(27)21(22(19)26)14-5-6-17-15(9-14)12-29-25(31-17)30-16-10-18(28-13-16)24(33)32-7-3-4-8-32/h5-6,9,11-12,16,18,28H,3-4,7-8,10,13H2,1-2H3,(H,29,30,31)/t16-,18-/m0/s1. The summed E-state index contributed by atoms with van der Waals surface area (Å²) >= 11 is 13.2. The number of nitrogens with zero attached hydrogens (tertiary/aromatic N) is 3. The van der Waals surface area contributed by atoms with Gasteiger partial charge in [0.15, 0.2) is 0 Å². The summed E-state index contributed by atoms with van der Waals surface area (Å²) in [7, 11) is 3.09. The van der Waals surface area contributed by atoms with Crippen LogP contribution in [0.5, 0.6) is 11.5 Å². The van der Waals surface area contributed by atoms with Crippen LogP contribution in [0.4, 0.5) is 5.95 Å². The van der Waals surface area contributed by atoms with Crippen molar-refractivity contribution in [1.29, 1.82) is 0 Å². The number of benzene rings is 2. The van der Waals surface area contributed by atoms with Gasteiger partial charge < -0.3 is 25.0 Å². The van der Waals surface area contributed by atoms with E-state index in [0.717, 1.165) is 42.4 Å². The zero-order chi connectivity index (χ0) is 24.5. The summed E-state index contributed by atoms with van der Waals surface area (Å²) < 4.78 is 10.8. The molecule has 184 valence electrons. The average Bonchev–Trinajstić information content (AvgIpc) is 3.57. The lowest BCUT2D eigenvalue weighted by Crippen LogP contribution is -2.42. The zero-order valence-corrected chi connectivity index (χ0v) is 21.1. The Morgan fingerprint density at radius 2 is 1.83 bits per heavy atom. The summed E-state index contributed by atoms with van der Waals surface area (Å²) in [5.41, 5.74) is 2.21. The predicted molar refractivity (Wildman–Crippen MR) is 138 cm³/mol. The van der Waals surface area contributed by atoms with Gasteiger partial charge in [-0.1, -0.05) is 29.3 Å². The highest BCUT2D eigenvalue weighted by Gasteiger charge is 2.33. The first kappa shape index (κ1) is 23.9. The summed E-state index contributed by atoms with van der Waals surface area (Å²) in [6, 6.07) is 7.35. The van der Waals surface area contributed by atoms with Crippen molar-refractivity contribution < 1.29 is 14.3 Å². The summed E-state index contributed by atoms with van der Waals surface area (Å²) in [5.74, 6) is 1.69. The molecule has 2 aliphatic heterocycles. The van der Waals surface area contributed by atoms with Crippen LogP contribution in [0.3, 0.4) is 0 Å². The third kappa shape index (κ3) is 4.70. The van der Waals surface area contributed by atoms with Crippen molar-refractivity contribution in [2.24, 2.45) is 0 Å². The first-order valence-corrected chi connectivity index (χ1v) is 12.4. The normalized spacial score (nSPS) is 19.8. The number of halogens is 2. The molecule has 2 fully saturated rings. The second kappa shape index (κ2) is 10.0. The van der Waals surface area contributed by atoms with Gasteiger partial charge in [0.1, 0.15) is 11.5 Å². The number of likely N-dealkylation sites (tertiary alicyclic amines) is 1. The van der Waals surface area contributed by atoms with Gasteiger partial charge in [-0.3, -0.25) is 4.79 Å². The molecule has 1 aromatic heterocycles. The number of fused-ring (bicyclic) bond motifs is 1. The Hall–Kier alpha value is -2.81. The van der Waals surface area contributed by atoms with Gasteiger partial charge >= 0.3 is 0 Å². The van der Waals surface area contributed by atoms with E-state index in [0.29, 0.717) is 46.0 Å². The van der Waals surface area contributed by atoms with Crippen molar-refractivity contribution in [3.05, 3.63) is 40.5 Å². The molecule has 0 radical (unpaired) electrons. The maximum atomic E-state index is 12.7. The van der Waals surface area contributed by atoms with Crippen LogP contribution < -0.4 is 20.1 Å². The van der Waals surface area contributed by atoms with E-state index in [1.165, 1.54) is 0 Å². The number of hydrogen-bond acceptors (Lipinski definition) is 7. The molecule has 1 amide bonds. The SMILES string of the molecule is COc1cc(OC)c(Cl)c(-c2ccc3nc(N[C@@H]4CN[C@H](C(=O)N5CCCC5)C4)ncc3c2)c1Cl. The van der Waals surface area contributed by atoms with Crippen molar-refractivity contribution in [2.75, 3.05) is 39.2 Å². The summed E-state index contributed by atoms with van der Waals surface area (Å²) in [4.78, 5) is 23.8. The molecule has 0 saturated carbocycles. The maximum Gasteiger partial charge on any atom is 0.239 e. The molecule has 2 atom stereocenters. The molecule has 2 aliphatic rings. The van der Waals surface area contributed by atoms with Crippen LogP contribution in [0.25, 0.3) is 22.0 Å². The fourth-order valence-corrected chi connectivity index (χ4v) is 5.49. The second-order valence-electron chi connectivity index (χ2n) is 8.82. The number of hydrogen-bond donors (Lipinski definition) is 2. The summed E-state index contributed by atoms with van der Waals surface area (Å²) in [6.07, 6.45) is 4.67. The molecule has 3 aromatic rings. The van der Waals surface area contributed by atoms with Crippen LogP contribution in [0.1, 0.15) is 19.3 Å².